The van der Waals surface area contributed by atoms with Crippen LogP contribution in [0.1, 0.15) is 39.0 Å². The number of aliphatic hydroxyl groups is 1. The fourth-order valence-electron chi connectivity index (χ4n) is 2.96. The maximum absolute atomic E-state index is 12.2. The van der Waals surface area contributed by atoms with E-state index >= 15 is 0 Å². The predicted molar refractivity (Wildman–Crippen MR) is 91.8 cm³/mol. The Kier molecular flexibility index (Phi) is 6.72. The van der Waals surface area contributed by atoms with Crippen LogP contribution >= 0.6 is 11.6 Å². The summed E-state index contributed by atoms with van der Waals surface area (Å²) in [6.07, 6.45) is 3.98. The monoisotopic (exact) mass is 339 g/mol. The molecule has 1 heterocycles. The average molecular weight is 340 g/mol. The molecule has 1 amide bonds. The Labute approximate surface area is 143 Å². The van der Waals surface area contributed by atoms with Crippen molar-refractivity contribution in [3.63, 3.8) is 0 Å². The Morgan fingerprint density at radius 3 is 2.52 bits per heavy atom. The number of hydrogen-bond acceptors (Lipinski definition) is 3. The number of rotatable bonds is 7. The second-order valence-corrected chi connectivity index (χ2v) is 6.73. The Bertz CT molecular complexity index is 489. The predicted octanol–water partition coefficient (Wildman–Crippen LogP) is 3.51. The minimum absolute atomic E-state index is 0.0223. The number of nitrogens with zero attached hydrogens (tertiary/aromatic N) is 1. The second kappa shape index (κ2) is 8.55. The topological polar surface area (TPSA) is 49.8 Å². The Morgan fingerprint density at radius 2 is 1.96 bits per heavy atom. The number of hydrogen-bond donors (Lipinski definition) is 1. The van der Waals surface area contributed by atoms with E-state index in [1.54, 1.807) is 12.1 Å². The van der Waals surface area contributed by atoms with E-state index in [2.05, 4.69) is 6.92 Å². The van der Waals surface area contributed by atoms with Gasteiger partial charge in [-0.25, -0.2) is 0 Å². The standard InChI is InChI=1S/C18H26ClNO3/c1-2-18(14-21)9-11-20(12-10-18)17(22)4-3-13-23-16-7-5-15(19)6-8-16/h5-8,21H,2-4,9-14H2,1H3. The summed E-state index contributed by atoms with van der Waals surface area (Å²) in [5.41, 5.74) is 0.0223. The van der Waals surface area contributed by atoms with Gasteiger partial charge in [0, 0.05) is 31.1 Å². The van der Waals surface area contributed by atoms with Crippen molar-refractivity contribution in [2.45, 2.75) is 39.0 Å². The fourth-order valence-corrected chi connectivity index (χ4v) is 3.08. The zero-order chi connectivity index (χ0) is 16.7. The lowest BCUT2D eigenvalue weighted by atomic mass is 9.77. The highest BCUT2D eigenvalue weighted by Crippen LogP contribution is 2.34. The summed E-state index contributed by atoms with van der Waals surface area (Å²) < 4.78 is 5.60. The van der Waals surface area contributed by atoms with E-state index in [0.717, 1.165) is 38.1 Å². The molecule has 128 valence electrons. The van der Waals surface area contributed by atoms with E-state index in [1.165, 1.54) is 0 Å². The molecule has 1 aliphatic rings. The molecule has 0 bridgehead atoms. The van der Waals surface area contributed by atoms with Crippen molar-refractivity contribution in [1.29, 1.82) is 0 Å². The average Bonchev–Trinajstić information content (AvgIpc) is 2.60. The summed E-state index contributed by atoms with van der Waals surface area (Å²) in [6, 6.07) is 7.23. The van der Waals surface area contributed by atoms with Crippen LogP contribution in [0.5, 0.6) is 5.75 Å². The molecule has 1 fully saturated rings. The molecule has 0 unspecified atom stereocenters. The van der Waals surface area contributed by atoms with Crippen molar-refractivity contribution >= 4 is 17.5 Å². The molecule has 1 aliphatic heterocycles. The lowest BCUT2D eigenvalue weighted by Crippen LogP contribution is -2.44. The number of amides is 1. The molecule has 0 saturated carbocycles. The molecule has 1 aromatic carbocycles. The van der Waals surface area contributed by atoms with Crippen LogP contribution in [0.25, 0.3) is 0 Å². The highest BCUT2D eigenvalue weighted by Gasteiger charge is 2.33. The number of carbonyl (C=O) groups is 1. The highest BCUT2D eigenvalue weighted by molar-refractivity contribution is 6.30. The number of benzene rings is 1. The van der Waals surface area contributed by atoms with E-state index in [-0.39, 0.29) is 17.9 Å². The van der Waals surface area contributed by atoms with E-state index < -0.39 is 0 Å². The van der Waals surface area contributed by atoms with Gasteiger partial charge in [0.15, 0.2) is 0 Å². The van der Waals surface area contributed by atoms with Gasteiger partial charge in [-0.3, -0.25) is 4.79 Å². The molecule has 23 heavy (non-hydrogen) atoms. The van der Waals surface area contributed by atoms with Crippen LogP contribution in [-0.4, -0.2) is 42.2 Å². The van der Waals surface area contributed by atoms with Gasteiger partial charge < -0.3 is 14.7 Å². The molecule has 5 heteroatoms. The first-order valence-corrected chi connectivity index (χ1v) is 8.73. The molecule has 0 radical (unpaired) electrons. The van der Waals surface area contributed by atoms with Crippen molar-refractivity contribution in [2.75, 3.05) is 26.3 Å². The molecular formula is C18H26ClNO3. The summed E-state index contributed by atoms with van der Waals surface area (Å²) in [5, 5.41) is 10.2. The summed E-state index contributed by atoms with van der Waals surface area (Å²) in [6.45, 7) is 4.37. The summed E-state index contributed by atoms with van der Waals surface area (Å²) in [5.74, 6) is 0.961. The van der Waals surface area contributed by atoms with Crippen molar-refractivity contribution in [3.05, 3.63) is 29.3 Å². The molecule has 1 N–H and O–H groups in total. The van der Waals surface area contributed by atoms with Gasteiger partial charge in [0.05, 0.1) is 6.61 Å². The molecule has 1 aromatic rings. The molecule has 4 nitrogen and oxygen atoms in total. The lowest BCUT2D eigenvalue weighted by molar-refractivity contribution is -0.134. The highest BCUT2D eigenvalue weighted by atomic mass is 35.5. The van der Waals surface area contributed by atoms with Gasteiger partial charge in [-0.2, -0.15) is 0 Å². The molecule has 0 spiro atoms. The third-order valence-corrected chi connectivity index (χ3v) is 5.13. The van der Waals surface area contributed by atoms with Gasteiger partial charge in [0.2, 0.25) is 5.91 Å². The van der Waals surface area contributed by atoms with Crippen LogP contribution in [0, 0.1) is 5.41 Å². The number of aliphatic hydroxyl groups excluding tert-OH is 1. The third-order valence-electron chi connectivity index (χ3n) is 4.88. The largest absolute Gasteiger partial charge is 0.494 e. The first kappa shape index (κ1) is 18.1. The van der Waals surface area contributed by atoms with Gasteiger partial charge in [-0.05, 0) is 55.4 Å². The quantitative estimate of drug-likeness (QED) is 0.773. The van der Waals surface area contributed by atoms with Gasteiger partial charge >= 0.3 is 0 Å². The molecule has 0 aliphatic carbocycles. The molecule has 0 aromatic heterocycles. The number of piperidine rings is 1. The van der Waals surface area contributed by atoms with Crippen molar-refractivity contribution < 1.29 is 14.6 Å². The first-order chi connectivity index (χ1) is 11.1. The van der Waals surface area contributed by atoms with Crippen LogP contribution < -0.4 is 4.74 Å². The molecule has 2 rings (SSSR count). The Hall–Kier alpha value is -1.26. The van der Waals surface area contributed by atoms with E-state index in [4.69, 9.17) is 16.3 Å². The Balaban J connectivity index is 1.66. The van der Waals surface area contributed by atoms with Crippen LogP contribution in [0.2, 0.25) is 5.02 Å². The fraction of sp³-hybridized carbons (Fsp3) is 0.611. The van der Waals surface area contributed by atoms with Crippen molar-refractivity contribution in [2.24, 2.45) is 5.41 Å². The van der Waals surface area contributed by atoms with E-state index in [0.29, 0.717) is 24.5 Å². The number of ether oxygens (including phenoxy) is 1. The van der Waals surface area contributed by atoms with Gasteiger partial charge in [-0.1, -0.05) is 18.5 Å². The van der Waals surface area contributed by atoms with Gasteiger partial charge in [0.1, 0.15) is 5.75 Å². The van der Waals surface area contributed by atoms with E-state index in [1.807, 2.05) is 17.0 Å². The van der Waals surface area contributed by atoms with Crippen LogP contribution in [-0.2, 0) is 4.79 Å². The van der Waals surface area contributed by atoms with Crippen LogP contribution in [0.4, 0.5) is 0 Å². The zero-order valence-corrected chi connectivity index (χ0v) is 14.5. The summed E-state index contributed by atoms with van der Waals surface area (Å²) >= 11 is 5.82. The molecular weight excluding hydrogens is 314 g/mol. The number of likely N-dealkylation sites (tertiary alicyclic amines) is 1. The van der Waals surface area contributed by atoms with Crippen molar-refractivity contribution in [1.82, 2.24) is 4.90 Å². The number of halogens is 1. The van der Waals surface area contributed by atoms with E-state index in [9.17, 15) is 9.90 Å². The maximum atomic E-state index is 12.2. The summed E-state index contributed by atoms with van der Waals surface area (Å²) in [4.78, 5) is 14.2. The SMILES string of the molecule is CCC1(CO)CCN(C(=O)CCCOc2ccc(Cl)cc2)CC1. The minimum atomic E-state index is 0.0223. The van der Waals surface area contributed by atoms with Crippen molar-refractivity contribution in [3.8, 4) is 5.75 Å². The van der Waals surface area contributed by atoms with Crippen LogP contribution in [0.3, 0.4) is 0 Å². The molecule has 0 atom stereocenters. The third kappa shape index (κ3) is 5.11. The smallest absolute Gasteiger partial charge is 0.222 e. The zero-order valence-electron chi connectivity index (χ0n) is 13.8. The van der Waals surface area contributed by atoms with Gasteiger partial charge in [0.25, 0.3) is 0 Å². The van der Waals surface area contributed by atoms with Gasteiger partial charge in [-0.15, -0.1) is 0 Å². The Morgan fingerprint density at radius 1 is 1.30 bits per heavy atom. The molecule has 1 saturated heterocycles. The number of carbonyl (C=O) groups excluding carboxylic acids is 1. The first-order valence-electron chi connectivity index (χ1n) is 8.35. The van der Waals surface area contributed by atoms with Crippen LogP contribution in [0.15, 0.2) is 24.3 Å². The lowest BCUT2D eigenvalue weighted by Gasteiger charge is -2.40. The normalized spacial score (nSPS) is 17.1. The second-order valence-electron chi connectivity index (χ2n) is 6.30. The maximum Gasteiger partial charge on any atom is 0.222 e. The summed E-state index contributed by atoms with van der Waals surface area (Å²) in [7, 11) is 0. The minimum Gasteiger partial charge on any atom is -0.494 e.